The first-order valence-corrected chi connectivity index (χ1v) is 7.81. The van der Waals surface area contributed by atoms with E-state index in [9.17, 15) is 0 Å². The van der Waals surface area contributed by atoms with Gasteiger partial charge in [0.2, 0.25) is 0 Å². The predicted octanol–water partition coefficient (Wildman–Crippen LogP) is 4.01. The van der Waals surface area contributed by atoms with Gasteiger partial charge < -0.3 is 10.1 Å². The van der Waals surface area contributed by atoms with E-state index in [0.29, 0.717) is 12.6 Å². The maximum Gasteiger partial charge on any atom is 0.119 e. The van der Waals surface area contributed by atoms with Crippen molar-refractivity contribution in [2.75, 3.05) is 6.61 Å². The van der Waals surface area contributed by atoms with Crippen molar-refractivity contribution in [2.45, 2.75) is 40.3 Å². The molecule has 20 heavy (non-hydrogen) atoms. The summed E-state index contributed by atoms with van der Waals surface area (Å²) in [6, 6.07) is 8.58. The van der Waals surface area contributed by atoms with E-state index < -0.39 is 0 Å². The Kier molecular flexibility index (Phi) is 5.15. The topological polar surface area (TPSA) is 34.1 Å². The second-order valence-corrected chi connectivity index (χ2v) is 6.10. The summed E-state index contributed by atoms with van der Waals surface area (Å²) in [5.41, 5.74) is 2.40. The molecule has 4 heteroatoms. The van der Waals surface area contributed by atoms with E-state index in [4.69, 9.17) is 4.74 Å². The average molecular weight is 290 g/mol. The van der Waals surface area contributed by atoms with E-state index in [1.54, 1.807) is 11.3 Å². The molecule has 0 aliphatic carbocycles. The molecule has 0 radical (unpaired) electrons. The largest absolute Gasteiger partial charge is 0.494 e. The Hall–Kier alpha value is -1.39. The van der Waals surface area contributed by atoms with Gasteiger partial charge in [0.05, 0.1) is 17.3 Å². The quantitative estimate of drug-likeness (QED) is 0.873. The lowest BCUT2D eigenvalue weighted by Crippen LogP contribution is -2.17. The molecule has 0 aliphatic rings. The highest BCUT2D eigenvalue weighted by molar-refractivity contribution is 7.11. The minimum absolute atomic E-state index is 0.327. The third-order valence-corrected chi connectivity index (χ3v) is 4.43. The van der Waals surface area contributed by atoms with Crippen molar-refractivity contribution in [1.29, 1.82) is 0 Å². The summed E-state index contributed by atoms with van der Waals surface area (Å²) in [4.78, 5) is 5.81. The molecule has 1 unspecified atom stereocenters. The molecular formula is C16H22N2OS. The van der Waals surface area contributed by atoms with E-state index in [1.165, 1.54) is 10.4 Å². The van der Waals surface area contributed by atoms with Crippen LogP contribution in [0.2, 0.25) is 0 Å². The lowest BCUT2D eigenvalue weighted by atomic mass is 10.2. The highest BCUT2D eigenvalue weighted by Crippen LogP contribution is 2.24. The molecule has 0 aliphatic heterocycles. The van der Waals surface area contributed by atoms with E-state index in [-0.39, 0.29) is 0 Å². The van der Waals surface area contributed by atoms with Gasteiger partial charge in [-0.25, -0.2) is 4.98 Å². The molecule has 108 valence electrons. The molecule has 1 N–H and O–H groups in total. The number of aromatic nitrogens is 1. The first-order chi connectivity index (χ1) is 9.60. The van der Waals surface area contributed by atoms with Crippen LogP contribution in [0.3, 0.4) is 0 Å². The van der Waals surface area contributed by atoms with Crippen molar-refractivity contribution in [3.63, 3.8) is 0 Å². The van der Waals surface area contributed by atoms with Crippen molar-refractivity contribution in [2.24, 2.45) is 0 Å². The molecular weight excluding hydrogens is 268 g/mol. The van der Waals surface area contributed by atoms with E-state index in [2.05, 4.69) is 43.2 Å². The third kappa shape index (κ3) is 3.81. The Balaban J connectivity index is 1.92. The zero-order valence-electron chi connectivity index (χ0n) is 12.6. The summed E-state index contributed by atoms with van der Waals surface area (Å²) in [6.07, 6.45) is 0. The molecule has 0 saturated heterocycles. The lowest BCUT2D eigenvalue weighted by molar-refractivity contribution is 0.340. The minimum Gasteiger partial charge on any atom is -0.494 e. The van der Waals surface area contributed by atoms with Crippen molar-refractivity contribution in [3.05, 3.63) is 45.4 Å². The molecule has 2 aromatic rings. The maximum absolute atomic E-state index is 5.45. The second kappa shape index (κ2) is 6.86. The number of rotatable bonds is 6. The van der Waals surface area contributed by atoms with Gasteiger partial charge in [-0.15, -0.1) is 11.3 Å². The monoisotopic (exact) mass is 290 g/mol. The van der Waals surface area contributed by atoms with E-state index >= 15 is 0 Å². The van der Waals surface area contributed by atoms with Gasteiger partial charge in [0.25, 0.3) is 0 Å². The van der Waals surface area contributed by atoms with Crippen LogP contribution in [0.1, 0.15) is 41.0 Å². The lowest BCUT2D eigenvalue weighted by Gasteiger charge is -2.13. The SMILES string of the molecule is CCOc1ccc(CNC(C)c2sc(C)nc2C)cc1. The van der Waals surface area contributed by atoms with Gasteiger partial charge in [-0.2, -0.15) is 0 Å². The summed E-state index contributed by atoms with van der Waals surface area (Å²) in [7, 11) is 0. The molecule has 3 nitrogen and oxygen atoms in total. The highest BCUT2D eigenvalue weighted by atomic mass is 32.1. The first kappa shape index (κ1) is 15.0. The Morgan fingerprint density at radius 2 is 1.95 bits per heavy atom. The Morgan fingerprint density at radius 1 is 1.25 bits per heavy atom. The third-order valence-electron chi connectivity index (χ3n) is 3.18. The van der Waals surface area contributed by atoms with Crippen molar-refractivity contribution in [3.8, 4) is 5.75 Å². The van der Waals surface area contributed by atoms with Crippen LogP contribution in [-0.2, 0) is 6.54 Å². The van der Waals surface area contributed by atoms with Gasteiger partial charge in [0.1, 0.15) is 5.75 Å². The van der Waals surface area contributed by atoms with Crippen LogP contribution in [0.5, 0.6) is 5.75 Å². The fourth-order valence-electron chi connectivity index (χ4n) is 2.18. The van der Waals surface area contributed by atoms with Crippen LogP contribution in [0.15, 0.2) is 24.3 Å². The van der Waals surface area contributed by atoms with E-state index in [1.807, 2.05) is 19.1 Å². The summed E-state index contributed by atoms with van der Waals surface area (Å²) in [5.74, 6) is 0.929. The summed E-state index contributed by atoms with van der Waals surface area (Å²) >= 11 is 1.77. The molecule has 0 bridgehead atoms. The average Bonchev–Trinajstić information content (AvgIpc) is 2.77. The first-order valence-electron chi connectivity index (χ1n) is 6.99. The number of aryl methyl sites for hydroxylation is 2. The van der Waals surface area contributed by atoms with Crippen molar-refractivity contribution < 1.29 is 4.74 Å². The van der Waals surface area contributed by atoms with E-state index in [0.717, 1.165) is 23.0 Å². The number of hydrogen-bond acceptors (Lipinski definition) is 4. The summed E-state index contributed by atoms with van der Waals surface area (Å²) in [5, 5.41) is 4.68. The number of thiazole rings is 1. The van der Waals surface area contributed by atoms with Gasteiger partial charge in [0.15, 0.2) is 0 Å². The molecule has 2 rings (SSSR count). The Labute approximate surface area is 125 Å². The van der Waals surface area contributed by atoms with Gasteiger partial charge >= 0.3 is 0 Å². The fourth-order valence-corrected chi connectivity index (χ4v) is 3.14. The van der Waals surface area contributed by atoms with Gasteiger partial charge in [-0.3, -0.25) is 0 Å². The van der Waals surface area contributed by atoms with Crippen LogP contribution >= 0.6 is 11.3 Å². The highest BCUT2D eigenvalue weighted by Gasteiger charge is 2.12. The standard InChI is InChI=1S/C16H22N2OS/c1-5-19-15-8-6-14(7-9-15)10-17-11(2)16-12(3)18-13(4)20-16/h6-9,11,17H,5,10H2,1-4H3. The molecule has 0 spiro atoms. The van der Waals surface area contributed by atoms with Crippen LogP contribution in [-0.4, -0.2) is 11.6 Å². The number of benzene rings is 1. The fraction of sp³-hybridized carbons (Fsp3) is 0.438. The molecule has 1 aromatic carbocycles. The number of hydrogen-bond donors (Lipinski definition) is 1. The normalized spacial score (nSPS) is 12.4. The van der Waals surface area contributed by atoms with Crippen LogP contribution in [0, 0.1) is 13.8 Å². The smallest absolute Gasteiger partial charge is 0.119 e. The van der Waals surface area contributed by atoms with Crippen molar-refractivity contribution in [1.82, 2.24) is 10.3 Å². The Bertz CT molecular complexity index is 548. The molecule has 0 saturated carbocycles. The van der Waals surface area contributed by atoms with Crippen LogP contribution in [0.4, 0.5) is 0 Å². The minimum atomic E-state index is 0.327. The van der Waals surface area contributed by atoms with Gasteiger partial charge in [-0.1, -0.05) is 12.1 Å². The predicted molar refractivity (Wildman–Crippen MR) is 84.5 cm³/mol. The zero-order chi connectivity index (χ0) is 14.5. The Morgan fingerprint density at radius 3 is 2.50 bits per heavy atom. The van der Waals surface area contributed by atoms with Crippen LogP contribution < -0.4 is 10.1 Å². The second-order valence-electron chi connectivity index (χ2n) is 4.86. The van der Waals surface area contributed by atoms with Crippen LogP contribution in [0.25, 0.3) is 0 Å². The number of nitrogens with one attached hydrogen (secondary N) is 1. The zero-order valence-corrected chi connectivity index (χ0v) is 13.4. The van der Waals surface area contributed by atoms with Gasteiger partial charge in [0, 0.05) is 17.5 Å². The number of nitrogens with zero attached hydrogens (tertiary/aromatic N) is 1. The molecule has 1 heterocycles. The van der Waals surface area contributed by atoms with Crippen molar-refractivity contribution >= 4 is 11.3 Å². The summed E-state index contributed by atoms with van der Waals surface area (Å²) in [6.45, 7) is 9.88. The summed E-state index contributed by atoms with van der Waals surface area (Å²) < 4.78 is 5.45. The molecule has 1 atom stereocenters. The molecule has 1 aromatic heterocycles. The molecule has 0 amide bonds. The number of ether oxygens (including phenoxy) is 1. The maximum atomic E-state index is 5.45. The van der Waals surface area contributed by atoms with Gasteiger partial charge in [-0.05, 0) is 45.4 Å². The molecule has 0 fully saturated rings.